The number of benzene rings is 1. The molecule has 0 aromatic heterocycles. The molecular weight excluding hydrogens is 262 g/mol. The molecule has 0 saturated heterocycles. The molecule has 1 aromatic carbocycles. The van der Waals surface area contributed by atoms with E-state index in [4.69, 9.17) is 16.3 Å². The monoisotopic (exact) mass is 281 g/mol. The van der Waals surface area contributed by atoms with Gasteiger partial charge < -0.3 is 15.0 Å². The van der Waals surface area contributed by atoms with Crippen molar-refractivity contribution in [3.63, 3.8) is 0 Å². The molecule has 104 valence electrons. The Hall–Kier alpha value is -1.42. The predicted octanol–water partition coefficient (Wildman–Crippen LogP) is 2.17. The summed E-state index contributed by atoms with van der Waals surface area (Å²) in [5.74, 6) is 1.72. The van der Waals surface area contributed by atoms with Gasteiger partial charge in [-0.15, -0.1) is 0 Å². The second kappa shape index (κ2) is 6.66. The summed E-state index contributed by atoms with van der Waals surface area (Å²) >= 11 is 6.00. The van der Waals surface area contributed by atoms with Gasteiger partial charge in [-0.05, 0) is 30.5 Å². The first-order valence-corrected chi connectivity index (χ1v) is 6.90. The fraction of sp³-hybridized carbons (Fsp3) is 0.500. The standard InChI is InChI=1S/C14H20ClN3O/c1-18-9-3-7-16-14(18)17-8-6-11-4-5-12(15)13(10-11)19-2/h4-5,10H,3,6-9H2,1-2H3,(H,16,17). The number of hydrogen-bond donors (Lipinski definition) is 1. The van der Waals surface area contributed by atoms with Crippen LogP contribution in [-0.2, 0) is 6.42 Å². The molecule has 0 fully saturated rings. The number of methoxy groups -OCH3 is 1. The number of hydrogen-bond acceptors (Lipinski definition) is 4. The molecule has 0 amide bonds. The summed E-state index contributed by atoms with van der Waals surface area (Å²) in [6.45, 7) is 2.84. The van der Waals surface area contributed by atoms with Crippen molar-refractivity contribution in [2.75, 3.05) is 33.8 Å². The molecule has 0 spiro atoms. The fourth-order valence-electron chi connectivity index (χ4n) is 2.09. The van der Waals surface area contributed by atoms with Gasteiger partial charge in [0.15, 0.2) is 5.96 Å². The first kappa shape index (κ1) is 14.0. The van der Waals surface area contributed by atoms with Crippen LogP contribution in [0.15, 0.2) is 23.2 Å². The van der Waals surface area contributed by atoms with Crippen LogP contribution < -0.4 is 10.1 Å². The zero-order valence-electron chi connectivity index (χ0n) is 11.4. The van der Waals surface area contributed by atoms with Crippen molar-refractivity contribution in [1.29, 1.82) is 0 Å². The van der Waals surface area contributed by atoms with Crippen molar-refractivity contribution >= 4 is 17.6 Å². The smallest absolute Gasteiger partial charge is 0.193 e. The van der Waals surface area contributed by atoms with E-state index in [9.17, 15) is 0 Å². The summed E-state index contributed by atoms with van der Waals surface area (Å²) in [5, 5.41) is 4.02. The van der Waals surface area contributed by atoms with Crippen LogP contribution >= 0.6 is 11.6 Å². The van der Waals surface area contributed by atoms with Gasteiger partial charge in [0.25, 0.3) is 0 Å². The summed E-state index contributed by atoms with van der Waals surface area (Å²) in [6.07, 6.45) is 2.05. The van der Waals surface area contributed by atoms with Gasteiger partial charge in [0.2, 0.25) is 0 Å². The number of rotatable bonds is 4. The van der Waals surface area contributed by atoms with Crippen molar-refractivity contribution < 1.29 is 4.74 Å². The highest BCUT2D eigenvalue weighted by Crippen LogP contribution is 2.25. The molecule has 0 aliphatic carbocycles. The molecule has 19 heavy (non-hydrogen) atoms. The summed E-state index contributed by atoms with van der Waals surface area (Å²) in [5.41, 5.74) is 1.20. The molecule has 2 rings (SSSR count). The Morgan fingerprint density at radius 1 is 1.47 bits per heavy atom. The van der Waals surface area contributed by atoms with Crippen LogP contribution in [0.2, 0.25) is 5.02 Å². The lowest BCUT2D eigenvalue weighted by atomic mass is 10.1. The minimum absolute atomic E-state index is 0.649. The third-order valence-electron chi connectivity index (χ3n) is 3.19. The fourth-order valence-corrected chi connectivity index (χ4v) is 2.28. The molecule has 0 atom stereocenters. The van der Waals surface area contributed by atoms with E-state index in [1.54, 1.807) is 7.11 Å². The molecule has 1 aliphatic heterocycles. The largest absolute Gasteiger partial charge is 0.495 e. The lowest BCUT2D eigenvalue weighted by Gasteiger charge is -2.25. The minimum Gasteiger partial charge on any atom is -0.495 e. The summed E-state index contributed by atoms with van der Waals surface area (Å²) in [6, 6.07) is 5.88. The quantitative estimate of drug-likeness (QED) is 0.919. The van der Waals surface area contributed by atoms with E-state index >= 15 is 0 Å². The van der Waals surface area contributed by atoms with Crippen molar-refractivity contribution in [1.82, 2.24) is 10.2 Å². The number of nitrogens with one attached hydrogen (secondary N) is 1. The molecule has 0 bridgehead atoms. The maximum absolute atomic E-state index is 6.00. The molecule has 1 aromatic rings. The highest BCUT2D eigenvalue weighted by atomic mass is 35.5. The summed E-state index contributed by atoms with van der Waals surface area (Å²) < 4.78 is 5.21. The van der Waals surface area contributed by atoms with Gasteiger partial charge in [-0.25, -0.2) is 0 Å². The van der Waals surface area contributed by atoms with Crippen LogP contribution in [-0.4, -0.2) is 44.7 Å². The van der Waals surface area contributed by atoms with Crippen molar-refractivity contribution in [2.24, 2.45) is 4.99 Å². The topological polar surface area (TPSA) is 36.9 Å². The van der Waals surface area contributed by atoms with E-state index < -0.39 is 0 Å². The van der Waals surface area contributed by atoms with Gasteiger partial charge in [0.1, 0.15) is 5.75 Å². The number of ether oxygens (including phenoxy) is 1. The Balaban J connectivity index is 1.87. The maximum Gasteiger partial charge on any atom is 0.193 e. The van der Waals surface area contributed by atoms with E-state index in [2.05, 4.69) is 22.3 Å². The van der Waals surface area contributed by atoms with Gasteiger partial charge in [-0.1, -0.05) is 17.7 Å². The Morgan fingerprint density at radius 2 is 2.32 bits per heavy atom. The summed E-state index contributed by atoms with van der Waals surface area (Å²) in [4.78, 5) is 6.63. The van der Waals surface area contributed by atoms with Gasteiger partial charge >= 0.3 is 0 Å². The summed E-state index contributed by atoms with van der Waals surface area (Å²) in [7, 11) is 3.70. The first-order chi connectivity index (χ1) is 9.20. The molecule has 1 heterocycles. The average Bonchev–Trinajstić information content (AvgIpc) is 2.43. The van der Waals surface area contributed by atoms with Gasteiger partial charge in [-0.3, -0.25) is 4.99 Å². The van der Waals surface area contributed by atoms with Crippen LogP contribution in [0.25, 0.3) is 0 Å². The van der Waals surface area contributed by atoms with Gasteiger partial charge in [0.05, 0.1) is 12.1 Å². The third-order valence-corrected chi connectivity index (χ3v) is 3.50. The zero-order chi connectivity index (χ0) is 13.7. The van der Waals surface area contributed by atoms with Crippen LogP contribution in [0.1, 0.15) is 12.0 Å². The van der Waals surface area contributed by atoms with Crippen LogP contribution in [0, 0.1) is 0 Å². The Labute approximate surface area is 119 Å². The van der Waals surface area contributed by atoms with Crippen molar-refractivity contribution in [3.8, 4) is 5.75 Å². The SMILES string of the molecule is COc1cc(CCNC2=NCCCN2C)ccc1Cl. The molecule has 4 nitrogen and oxygen atoms in total. The van der Waals surface area contributed by atoms with Crippen LogP contribution in [0.4, 0.5) is 0 Å². The molecule has 1 N–H and O–H groups in total. The number of nitrogens with zero attached hydrogens (tertiary/aromatic N) is 2. The van der Waals surface area contributed by atoms with E-state index in [-0.39, 0.29) is 0 Å². The number of halogens is 1. The Bertz CT molecular complexity index is 462. The van der Waals surface area contributed by atoms with E-state index in [0.717, 1.165) is 44.2 Å². The van der Waals surface area contributed by atoms with Gasteiger partial charge in [0, 0.05) is 26.7 Å². The first-order valence-electron chi connectivity index (χ1n) is 6.52. The minimum atomic E-state index is 0.649. The highest BCUT2D eigenvalue weighted by molar-refractivity contribution is 6.32. The normalized spacial score (nSPS) is 15.1. The molecule has 0 radical (unpaired) electrons. The molecule has 0 unspecified atom stereocenters. The Kier molecular flexibility index (Phi) is 4.91. The molecule has 1 aliphatic rings. The predicted molar refractivity (Wildman–Crippen MR) is 79.3 cm³/mol. The lowest BCUT2D eigenvalue weighted by molar-refractivity contribution is 0.414. The number of guanidine groups is 1. The molecule has 0 saturated carbocycles. The zero-order valence-corrected chi connectivity index (χ0v) is 12.2. The number of aliphatic imine (C=N–C) groups is 1. The van der Waals surface area contributed by atoms with Crippen molar-refractivity contribution in [2.45, 2.75) is 12.8 Å². The highest BCUT2D eigenvalue weighted by Gasteiger charge is 2.10. The van der Waals surface area contributed by atoms with Crippen LogP contribution in [0.3, 0.4) is 0 Å². The van der Waals surface area contributed by atoms with E-state index in [1.165, 1.54) is 5.56 Å². The lowest BCUT2D eigenvalue weighted by Crippen LogP contribution is -2.42. The van der Waals surface area contributed by atoms with E-state index in [1.807, 2.05) is 18.2 Å². The molecule has 5 heteroatoms. The third kappa shape index (κ3) is 3.77. The second-order valence-electron chi connectivity index (χ2n) is 4.63. The van der Waals surface area contributed by atoms with Crippen molar-refractivity contribution in [3.05, 3.63) is 28.8 Å². The average molecular weight is 282 g/mol. The maximum atomic E-state index is 6.00. The molecular formula is C14H20ClN3O. The Morgan fingerprint density at radius 3 is 3.05 bits per heavy atom. The van der Waals surface area contributed by atoms with E-state index in [0.29, 0.717) is 5.02 Å². The van der Waals surface area contributed by atoms with Crippen LogP contribution in [0.5, 0.6) is 5.75 Å². The van der Waals surface area contributed by atoms with Gasteiger partial charge in [-0.2, -0.15) is 0 Å². The second-order valence-corrected chi connectivity index (χ2v) is 5.03.